The van der Waals surface area contributed by atoms with Crippen molar-refractivity contribution < 1.29 is 24.3 Å². The maximum atomic E-state index is 12.1. The summed E-state index contributed by atoms with van der Waals surface area (Å²) in [5.41, 5.74) is 0.709. The number of hydrogen-bond donors (Lipinski definition) is 2. The molecule has 1 aromatic carbocycles. The van der Waals surface area contributed by atoms with E-state index in [1.165, 1.54) is 0 Å². The van der Waals surface area contributed by atoms with E-state index < -0.39 is 17.8 Å². The lowest BCUT2D eigenvalue weighted by Gasteiger charge is -2.16. The normalized spacial score (nSPS) is 14.6. The topological polar surface area (TPSA) is 104 Å². The number of benzene rings is 1. The molecular weight excluding hydrogens is 300 g/mol. The highest BCUT2D eigenvalue weighted by atomic mass is 16.4. The molecule has 1 aliphatic rings. The van der Waals surface area contributed by atoms with E-state index in [1.54, 1.807) is 31.2 Å². The van der Waals surface area contributed by atoms with Crippen LogP contribution in [0.3, 0.4) is 0 Å². The average Bonchev–Trinajstić information content (AvgIpc) is 2.75. The summed E-state index contributed by atoms with van der Waals surface area (Å²) in [4.78, 5) is 47.6. The quantitative estimate of drug-likeness (QED) is 0.731. The van der Waals surface area contributed by atoms with Crippen molar-refractivity contribution in [2.45, 2.75) is 32.2 Å². The van der Waals surface area contributed by atoms with Crippen LogP contribution in [0, 0.1) is 0 Å². The molecule has 23 heavy (non-hydrogen) atoms. The van der Waals surface area contributed by atoms with Crippen molar-refractivity contribution in [3.8, 4) is 0 Å². The van der Waals surface area contributed by atoms with Gasteiger partial charge in [-0.2, -0.15) is 0 Å². The first-order valence-electron chi connectivity index (χ1n) is 7.36. The Bertz CT molecular complexity index is 621. The Balaban J connectivity index is 1.85. The molecule has 7 heteroatoms. The van der Waals surface area contributed by atoms with Crippen molar-refractivity contribution in [1.82, 2.24) is 10.2 Å². The van der Waals surface area contributed by atoms with Gasteiger partial charge in [0, 0.05) is 25.4 Å². The summed E-state index contributed by atoms with van der Waals surface area (Å²) in [5.74, 6) is -2.02. The van der Waals surface area contributed by atoms with Crippen molar-refractivity contribution in [2.24, 2.45) is 0 Å². The number of amides is 3. The number of nitrogens with zero attached hydrogens (tertiary/aromatic N) is 1. The van der Waals surface area contributed by atoms with Crippen LogP contribution in [0.25, 0.3) is 0 Å². The van der Waals surface area contributed by atoms with Crippen molar-refractivity contribution in [1.29, 1.82) is 0 Å². The van der Waals surface area contributed by atoms with E-state index >= 15 is 0 Å². The van der Waals surface area contributed by atoms with E-state index in [9.17, 15) is 19.2 Å². The Hall–Kier alpha value is -2.70. The smallest absolute Gasteiger partial charge is 0.303 e. The molecule has 0 aliphatic carbocycles. The third-order valence-corrected chi connectivity index (χ3v) is 3.64. The monoisotopic (exact) mass is 318 g/mol. The van der Waals surface area contributed by atoms with Crippen LogP contribution in [0.2, 0.25) is 0 Å². The van der Waals surface area contributed by atoms with Crippen LogP contribution in [0.4, 0.5) is 0 Å². The standard InChI is InChI=1S/C16H18N2O5/c1-10(6-7-14(20)21)17-13(19)8-9-18-15(22)11-4-2-3-5-12(11)16(18)23/h2-5,10H,6-9H2,1H3,(H,17,19)(H,20,21). The molecule has 7 nitrogen and oxygen atoms in total. The summed E-state index contributed by atoms with van der Waals surface area (Å²) in [7, 11) is 0. The second kappa shape index (κ2) is 7.04. The van der Waals surface area contributed by atoms with Crippen LogP contribution in [0.5, 0.6) is 0 Å². The van der Waals surface area contributed by atoms with E-state index in [1.807, 2.05) is 0 Å². The zero-order valence-corrected chi connectivity index (χ0v) is 12.7. The lowest BCUT2D eigenvalue weighted by Crippen LogP contribution is -2.37. The molecule has 2 rings (SSSR count). The minimum absolute atomic E-state index is 0.00380. The van der Waals surface area contributed by atoms with Crippen molar-refractivity contribution in [3.63, 3.8) is 0 Å². The lowest BCUT2D eigenvalue weighted by molar-refractivity contribution is -0.137. The molecular formula is C16H18N2O5. The Morgan fingerprint density at radius 1 is 1.13 bits per heavy atom. The highest BCUT2D eigenvalue weighted by Gasteiger charge is 2.34. The summed E-state index contributed by atoms with van der Waals surface area (Å²) < 4.78 is 0. The number of nitrogens with one attached hydrogen (secondary N) is 1. The number of carbonyl (C=O) groups is 4. The number of carbonyl (C=O) groups excluding carboxylic acids is 3. The fraction of sp³-hybridized carbons (Fsp3) is 0.375. The number of aliphatic carboxylic acids is 1. The molecule has 0 fully saturated rings. The Labute approximate surface area is 133 Å². The van der Waals surface area contributed by atoms with E-state index in [4.69, 9.17) is 5.11 Å². The molecule has 1 unspecified atom stereocenters. The zero-order valence-electron chi connectivity index (χ0n) is 12.7. The molecule has 0 bridgehead atoms. The molecule has 1 heterocycles. The molecule has 1 aromatic rings. The molecule has 0 aromatic heterocycles. The third-order valence-electron chi connectivity index (χ3n) is 3.64. The number of imide groups is 1. The summed E-state index contributed by atoms with van der Waals surface area (Å²) >= 11 is 0. The Morgan fingerprint density at radius 2 is 1.70 bits per heavy atom. The van der Waals surface area contributed by atoms with Gasteiger partial charge in [0.25, 0.3) is 11.8 Å². The van der Waals surface area contributed by atoms with Crippen LogP contribution in [0.15, 0.2) is 24.3 Å². The predicted molar refractivity (Wildman–Crippen MR) is 80.9 cm³/mol. The van der Waals surface area contributed by atoms with Gasteiger partial charge in [0.15, 0.2) is 0 Å². The van der Waals surface area contributed by atoms with Crippen molar-refractivity contribution in [3.05, 3.63) is 35.4 Å². The van der Waals surface area contributed by atoms with Gasteiger partial charge in [-0.25, -0.2) is 0 Å². The highest BCUT2D eigenvalue weighted by Crippen LogP contribution is 2.22. The Kier molecular flexibility index (Phi) is 5.10. The van der Waals surface area contributed by atoms with Gasteiger partial charge < -0.3 is 10.4 Å². The van der Waals surface area contributed by atoms with Crippen LogP contribution in [0.1, 0.15) is 46.9 Å². The van der Waals surface area contributed by atoms with Gasteiger partial charge in [-0.05, 0) is 25.5 Å². The lowest BCUT2D eigenvalue weighted by atomic mass is 10.1. The maximum Gasteiger partial charge on any atom is 0.303 e. The summed E-state index contributed by atoms with van der Waals surface area (Å²) in [6.45, 7) is 1.71. The van der Waals surface area contributed by atoms with Gasteiger partial charge in [0.1, 0.15) is 0 Å². The fourth-order valence-electron chi connectivity index (χ4n) is 2.41. The third kappa shape index (κ3) is 3.94. The van der Waals surface area contributed by atoms with E-state index in [2.05, 4.69) is 5.32 Å². The van der Waals surface area contributed by atoms with Crippen LogP contribution in [-0.4, -0.2) is 46.3 Å². The molecule has 122 valence electrons. The molecule has 0 spiro atoms. The second-order valence-electron chi connectivity index (χ2n) is 5.46. The zero-order chi connectivity index (χ0) is 17.0. The summed E-state index contributed by atoms with van der Waals surface area (Å²) in [5, 5.41) is 11.3. The summed E-state index contributed by atoms with van der Waals surface area (Å²) in [6, 6.07) is 6.27. The number of carboxylic acid groups (broad SMARTS) is 1. The largest absolute Gasteiger partial charge is 0.481 e. The van der Waals surface area contributed by atoms with E-state index in [0.29, 0.717) is 17.5 Å². The van der Waals surface area contributed by atoms with Gasteiger partial charge in [-0.15, -0.1) is 0 Å². The first-order chi connectivity index (χ1) is 10.9. The first kappa shape index (κ1) is 16.7. The van der Waals surface area contributed by atoms with E-state index in [-0.39, 0.29) is 31.3 Å². The number of carboxylic acids is 1. The SMILES string of the molecule is CC(CCC(=O)O)NC(=O)CCN1C(=O)c2ccccc2C1=O. The molecule has 3 amide bonds. The number of hydrogen-bond acceptors (Lipinski definition) is 4. The minimum atomic E-state index is -0.919. The molecule has 0 saturated heterocycles. The average molecular weight is 318 g/mol. The van der Waals surface area contributed by atoms with Crippen molar-refractivity contribution in [2.75, 3.05) is 6.54 Å². The molecule has 1 aliphatic heterocycles. The van der Waals surface area contributed by atoms with Gasteiger partial charge in [0.2, 0.25) is 5.91 Å². The van der Waals surface area contributed by atoms with Gasteiger partial charge >= 0.3 is 5.97 Å². The van der Waals surface area contributed by atoms with Crippen LogP contribution < -0.4 is 5.32 Å². The van der Waals surface area contributed by atoms with E-state index in [0.717, 1.165) is 4.90 Å². The minimum Gasteiger partial charge on any atom is -0.481 e. The Morgan fingerprint density at radius 3 is 2.22 bits per heavy atom. The first-order valence-corrected chi connectivity index (χ1v) is 7.36. The highest BCUT2D eigenvalue weighted by molar-refractivity contribution is 6.21. The van der Waals surface area contributed by atoms with Gasteiger partial charge in [-0.1, -0.05) is 12.1 Å². The number of fused-ring (bicyclic) bond motifs is 1. The fourth-order valence-corrected chi connectivity index (χ4v) is 2.41. The predicted octanol–water partition coefficient (Wildman–Crippen LogP) is 1.04. The molecule has 1 atom stereocenters. The van der Waals surface area contributed by atoms with Crippen LogP contribution in [-0.2, 0) is 9.59 Å². The molecule has 2 N–H and O–H groups in total. The summed E-state index contributed by atoms with van der Waals surface area (Å²) in [6.07, 6.45) is 0.289. The maximum absolute atomic E-state index is 12.1. The number of rotatable bonds is 7. The molecule has 0 radical (unpaired) electrons. The van der Waals surface area contributed by atoms with Gasteiger partial charge in [0.05, 0.1) is 11.1 Å². The molecule has 0 saturated carbocycles. The van der Waals surface area contributed by atoms with Crippen LogP contribution >= 0.6 is 0 Å². The second-order valence-corrected chi connectivity index (χ2v) is 5.46. The van der Waals surface area contributed by atoms with Gasteiger partial charge in [-0.3, -0.25) is 24.1 Å². The van der Waals surface area contributed by atoms with Crippen molar-refractivity contribution >= 4 is 23.7 Å².